The molecule has 3 nitrogen and oxygen atoms in total. The minimum atomic E-state index is -0.403. The van der Waals surface area contributed by atoms with Gasteiger partial charge in [-0.15, -0.1) is 0 Å². The molecule has 4 unspecified atom stereocenters. The van der Waals surface area contributed by atoms with E-state index in [9.17, 15) is 4.79 Å². The molecule has 1 aliphatic carbocycles. The molecule has 0 aliphatic heterocycles. The van der Waals surface area contributed by atoms with Crippen LogP contribution in [0, 0.1) is 11.8 Å². The van der Waals surface area contributed by atoms with E-state index in [2.05, 4.69) is 19.2 Å². The van der Waals surface area contributed by atoms with Gasteiger partial charge in [0.15, 0.2) is 0 Å². The van der Waals surface area contributed by atoms with Crippen LogP contribution in [-0.4, -0.2) is 23.7 Å². The number of rotatable bonds is 3. The van der Waals surface area contributed by atoms with Crippen LogP contribution in [0.2, 0.25) is 0 Å². The highest BCUT2D eigenvalue weighted by Crippen LogP contribution is 2.28. The Morgan fingerprint density at radius 3 is 2.39 bits per heavy atom. The summed E-state index contributed by atoms with van der Waals surface area (Å²) in [6.07, 6.45) is 3.66. The molecule has 1 aliphatic rings. The van der Waals surface area contributed by atoms with E-state index < -0.39 is 5.60 Å². The first-order chi connectivity index (χ1) is 8.19. The van der Waals surface area contributed by atoms with Crippen LogP contribution in [0.25, 0.3) is 0 Å². The largest absolute Gasteiger partial charge is 0.459 e. The van der Waals surface area contributed by atoms with Crippen LogP contribution < -0.4 is 5.32 Å². The summed E-state index contributed by atoms with van der Waals surface area (Å²) in [4.78, 5) is 11.9. The molecule has 0 bridgehead atoms. The van der Waals surface area contributed by atoms with Crippen LogP contribution >= 0.6 is 0 Å². The molecule has 0 amide bonds. The molecule has 1 rings (SSSR count). The summed E-state index contributed by atoms with van der Waals surface area (Å²) in [5, 5.41) is 3.44. The zero-order chi connectivity index (χ0) is 13.9. The van der Waals surface area contributed by atoms with Crippen molar-refractivity contribution in [1.82, 2.24) is 5.32 Å². The summed E-state index contributed by atoms with van der Waals surface area (Å²) in [5.41, 5.74) is -0.403. The molecule has 0 aromatic carbocycles. The lowest BCUT2D eigenvalue weighted by molar-refractivity contribution is -0.157. The van der Waals surface area contributed by atoms with Crippen molar-refractivity contribution < 1.29 is 9.53 Å². The van der Waals surface area contributed by atoms with E-state index in [1.165, 1.54) is 12.8 Å². The molecule has 0 radical (unpaired) electrons. The standard InChI is InChI=1S/C15H29NO2/c1-10-7-8-13(11(2)9-10)16-12(3)14(17)18-15(4,5)6/h10-13,16H,7-9H2,1-6H3. The van der Waals surface area contributed by atoms with Crippen molar-refractivity contribution in [1.29, 1.82) is 0 Å². The third-order valence-corrected chi connectivity index (χ3v) is 3.66. The van der Waals surface area contributed by atoms with Gasteiger partial charge in [0.2, 0.25) is 0 Å². The maximum absolute atomic E-state index is 11.9. The predicted octanol–water partition coefficient (Wildman–Crippen LogP) is 3.13. The zero-order valence-corrected chi connectivity index (χ0v) is 12.7. The summed E-state index contributed by atoms with van der Waals surface area (Å²) >= 11 is 0. The highest BCUT2D eigenvalue weighted by atomic mass is 16.6. The number of ether oxygens (including phenoxy) is 1. The van der Waals surface area contributed by atoms with Crippen LogP contribution in [0.1, 0.15) is 60.8 Å². The number of hydrogen-bond donors (Lipinski definition) is 1. The first-order valence-electron chi connectivity index (χ1n) is 7.18. The minimum Gasteiger partial charge on any atom is -0.459 e. The summed E-state index contributed by atoms with van der Waals surface area (Å²) in [6.45, 7) is 12.2. The summed E-state index contributed by atoms with van der Waals surface area (Å²) in [7, 11) is 0. The van der Waals surface area contributed by atoms with Crippen LogP contribution in [0.5, 0.6) is 0 Å². The molecular weight excluding hydrogens is 226 g/mol. The van der Waals surface area contributed by atoms with Crippen molar-refractivity contribution in [2.24, 2.45) is 11.8 Å². The van der Waals surface area contributed by atoms with Crippen LogP contribution in [0.3, 0.4) is 0 Å². The van der Waals surface area contributed by atoms with Gasteiger partial charge in [-0.3, -0.25) is 4.79 Å². The average molecular weight is 255 g/mol. The highest BCUT2D eigenvalue weighted by molar-refractivity contribution is 5.75. The fourth-order valence-electron chi connectivity index (χ4n) is 2.69. The Hall–Kier alpha value is -0.570. The van der Waals surface area contributed by atoms with Crippen molar-refractivity contribution in [2.75, 3.05) is 0 Å². The Kier molecular flexibility index (Phi) is 5.20. The maximum atomic E-state index is 11.9. The van der Waals surface area contributed by atoms with E-state index in [4.69, 9.17) is 4.74 Å². The van der Waals surface area contributed by atoms with Gasteiger partial charge in [0.25, 0.3) is 0 Å². The highest BCUT2D eigenvalue weighted by Gasteiger charge is 2.29. The van der Waals surface area contributed by atoms with Crippen molar-refractivity contribution in [3.8, 4) is 0 Å². The molecule has 1 N–H and O–H groups in total. The molecule has 0 heterocycles. The Bertz CT molecular complexity index is 283. The fraction of sp³-hybridized carbons (Fsp3) is 0.933. The Labute approximate surface area is 112 Å². The predicted molar refractivity (Wildman–Crippen MR) is 74.4 cm³/mol. The van der Waals surface area contributed by atoms with Gasteiger partial charge in [-0.2, -0.15) is 0 Å². The van der Waals surface area contributed by atoms with Crippen molar-refractivity contribution in [2.45, 2.75) is 78.5 Å². The minimum absolute atomic E-state index is 0.145. The molecule has 1 saturated carbocycles. The molecule has 1 fully saturated rings. The Morgan fingerprint density at radius 2 is 1.89 bits per heavy atom. The quantitative estimate of drug-likeness (QED) is 0.787. The summed E-state index contributed by atoms with van der Waals surface area (Å²) in [6, 6.07) is 0.230. The first-order valence-corrected chi connectivity index (χ1v) is 7.18. The molecule has 106 valence electrons. The molecule has 4 atom stereocenters. The Balaban J connectivity index is 2.44. The van der Waals surface area contributed by atoms with Gasteiger partial charge >= 0.3 is 5.97 Å². The van der Waals surface area contributed by atoms with E-state index in [0.717, 1.165) is 12.3 Å². The van der Waals surface area contributed by atoms with E-state index in [0.29, 0.717) is 12.0 Å². The SMILES string of the molecule is CC1CCC(NC(C)C(=O)OC(C)(C)C)C(C)C1. The van der Waals surface area contributed by atoms with E-state index in [1.54, 1.807) is 0 Å². The summed E-state index contributed by atoms with van der Waals surface area (Å²) in [5.74, 6) is 1.31. The lowest BCUT2D eigenvalue weighted by Gasteiger charge is -2.35. The van der Waals surface area contributed by atoms with Gasteiger partial charge in [0.1, 0.15) is 11.6 Å². The number of hydrogen-bond acceptors (Lipinski definition) is 3. The molecule has 3 heteroatoms. The Morgan fingerprint density at radius 1 is 1.28 bits per heavy atom. The third-order valence-electron chi connectivity index (χ3n) is 3.66. The number of carbonyl (C=O) groups excluding carboxylic acids is 1. The normalized spacial score (nSPS) is 30.9. The first kappa shape index (κ1) is 15.5. The van der Waals surface area contributed by atoms with E-state index in [-0.39, 0.29) is 12.0 Å². The molecule has 0 spiro atoms. The number of nitrogens with one attached hydrogen (secondary N) is 1. The second kappa shape index (κ2) is 6.05. The van der Waals surface area contributed by atoms with Crippen molar-refractivity contribution >= 4 is 5.97 Å². The van der Waals surface area contributed by atoms with Crippen LogP contribution in [0.4, 0.5) is 0 Å². The molecule has 0 aromatic heterocycles. The van der Waals surface area contributed by atoms with Gasteiger partial charge in [-0.25, -0.2) is 0 Å². The summed E-state index contributed by atoms with van der Waals surface area (Å²) < 4.78 is 5.40. The van der Waals surface area contributed by atoms with Crippen molar-refractivity contribution in [3.63, 3.8) is 0 Å². The van der Waals surface area contributed by atoms with E-state index >= 15 is 0 Å². The van der Waals surface area contributed by atoms with Gasteiger partial charge in [-0.05, 0) is 58.8 Å². The maximum Gasteiger partial charge on any atom is 0.323 e. The van der Waals surface area contributed by atoms with Gasteiger partial charge in [-0.1, -0.05) is 13.8 Å². The van der Waals surface area contributed by atoms with E-state index in [1.807, 2.05) is 27.7 Å². The number of esters is 1. The topological polar surface area (TPSA) is 38.3 Å². The smallest absolute Gasteiger partial charge is 0.323 e. The molecule has 0 saturated heterocycles. The van der Waals surface area contributed by atoms with Gasteiger partial charge in [0.05, 0.1) is 0 Å². The lowest BCUT2D eigenvalue weighted by atomic mass is 9.79. The fourth-order valence-corrected chi connectivity index (χ4v) is 2.69. The van der Waals surface area contributed by atoms with Crippen molar-refractivity contribution in [3.05, 3.63) is 0 Å². The molecule has 18 heavy (non-hydrogen) atoms. The third kappa shape index (κ3) is 4.97. The second-order valence-corrected chi connectivity index (χ2v) is 6.92. The van der Waals surface area contributed by atoms with Gasteiger partial charge in [0, 0.05) is 6.04 Å². The molecular formula is C15H29NO2. The van der Waals surface area contributed by atoms with Crippen LogP contribution in [-0.2, 0) is 9.53 Å². The lowest BCUT2D eigenvalue weighted by Crippen LogP contribution is -2.48. The van der Waals surface area contributed by atoms with Crippen LogP contribution in [0.15, 0.2) is 0 Å². The number of carbonyl (C=O) groups is 1. The monoisotopic (exact) mass is 255 g/mol. The average Bonchev–Trinajstić information content (AvgIpc) is 2.19. The zero-order valence-electron chi connectivity index (χ0n) is 12.7. The van der Waals surface area contributed by atoms with Gasteiger partial charge < -0.3 is 10.1 Å². The second-order valence-electron chi connectivity index (χ2n) is 6.92. The molecule has 0 aromatic rings.